The van der Waals surface area contributed by atoms with Gasteiger partial charge in [0, 0.05) is 16.6 Å². The summed E-state index contributed by atoms with van der Waals surface area (Å²) in [6, 6.07) is 14.0. The summed E-state index contributed by atoms with van der Waals surface area (Å²) in [4.78, 5) is 42.0. The number of rotatable bonds is 9. The van der Waals surface area contributed by atoms with Crippen molar-refractivity contribution in [3.63, 3.8) is 0 Å². The number of carbonyl (C=O) groups excluding carboxylic acids is 3. The van der Waals surface area contributed by atoms with Gasteiger partial charge in [-0.05, 0) is 43.5 Å². The maximum atomic E-state index is 12.7. The summed E-state index contributed by atoms with van der Waals surface area (Å²) < 4.78 is 5.43. The second-order valence-electron chi connectivity index (χ2n) is 8.44. The van der Waals surface area contributed by atoms with Gasteiger partial charge in [0.25, 0.3) is 5.91 Å². The van der Waals surface area contributed by atoms with Crippen molar-refractivity contribution in [2.24, 2.45) is 5.92 Å². The number of benzene rings is 2. The zero-order valence-electron chi connectivity index (χ0n) is 19.8. The molecule has 0 aliphatic carbocycles. The maximum Gasteiger partial charge on any atom is 0.329 e. The van der Waals surface area contributed by atoms with Crippen LogP contribution in [0.15, 0.2) is 53.9 Å². The van der Waals surface area contributed by atoms with E-state index in [1.54, 1.807) is 17.5 Å². The molecule has 2 amide bonds. The van der Waals surface area contributed by atoms with E-state index >= 15 is 0 Å². The summed E-state index contributed by atoms with van der Waals surface area (Å²) >= 11 is 1.33. The molecular formula is C26H29N3O4S. The fraction of sp³-hybridized carbons (Fsp3) is 0.308. The Balaban J connectivity index is 1.53. The van der Waals surface area contributed by atoms with E-state index in [1.807, 2.05) is 64.1 Å². The van der Waals surface area contributed by atoms with E-state index in [4.69, 9.17) is 4.74 Å². The summed E-state index contributed by atoms with van der Waals surface area (Å²) in [7, 11) is 0. The average molecular weight is 480 g/mol. The van der Waals surface area contributed by atoms with Gasteiger partial charge in [-0.15, -0.1) is 11.3 Å². The molecule has 0 saturated heterocycles. The van der Waals surface area contributed by atoms with Crippen molar-refractivity contribution in [2.45, 2.75) is 46.8 Å². The first-order chi connectivity index (χ1) is 16.2. The Morgan fingerprint density at radius 2 is 1.74 bits per heavy atom. The Hall–Kier alpha value is -3.52. The third kappa shape index (κ3) is 6.99. The molecule has 1 aromatic heterocycles. The van der Waals surface area contributed by atoms with Crippen LogP contribution in [0.3, 0.4) is 0 Å². The number of hydrogen-bond donors (Lipinski definition) is 2. The van der Waals surface area contributed by atoms with Gasteiger partial charge < -0.3 is 15.4 Å². The van der Waals surface area contributed by atoms with Gasteiger partial charge in [-0.25, -0.2) is 9.78 Å². The molecule has 3 aromatic rings. The van der Waals surface area contributed by atoms with Gasteiger partial charge >= 0.3 is 5.97 Å². The second kappa shape index (κ2) is 11.6. The van der Waals surface area contributed by atoms with Gasteiger partial charge in [0.05, 0.1) is 12.1 Å². The summed E-state index contributed by atoms with van der Waals surface area (Å²) in [6.07, 6.45) is 0.133. The Morgan fingerprint density at radius 3 is 2.41 bits per heavy atom. The number of thiazole rings is 1. The molecule has 0 aliphatic heterocycles. The van der Waals surface area contributed by atoms with Crippen molar-refractivity contribution in [3.05, 3.63) is 81.3 Å². The van der Waals surface area contributed by atoms with Crippen LogP contribution < -0.4 is 10.6 Å². The number of nitrogens with zero attached hydrogens (tertiary/aromatic N) is 1. The molecule has 2 aromatic carbocycles. The molecule has 3 rings (SSSR count). The number of aryl methyl sites for hydroxylation is 2. The smallest absolute Gasteiger partial charge is 0.329 e. The first-order valence-corrected chi connectivity index (χ1v) is 11.9. The van der Waals surface area contributed by atoms with Crippen LogP contribution in [0.2, 0.25) is 0 Å². The fourth-order valence-electron chi connectivity index (χ4n) is 3.26. The van der Waals surface area contributed by atoms with E-state index in [-0.39, 0.29) is 30.8 Å². The van der Waals surface area contributed by atoms with Gasteiger partial charge in [-0.1, -0.05) is 49.7 Å². The highest BCUT2D eigenvalue weighted by Crippen LogP contribution is 2.15. The van der Waals surface area contributed by atoms with Gasteiger partial charge in [0.1, 0.15) is 17.7 Å². The van der Waals surface area contributed by atoms with Gasteiger partial charge in [-0.3, -0.25) is 9.59 Å². The number of nitrogens with one attached hydrogen (secondary N) is 2. The SMILES string of the molecule is Cc1ccc(NC(=O)Cc2nc(COC(=O)[C@@H](NC(=O)c3ccccc3C)C(C)C)cs2)cc1. The third-order valence-electron chi connectivity index (χ3n) is 5.21. The molecule has 0 aliphatic rings. The predicted octanol–water partition coefficient (Wildman–Crippen LogP) is 4.44. The number of hydrogen-bond acceptors (Lipinski definition) is 6. The molecule has 1 heterocycles. The lowest BCUT2D eigenvalue weighted by atomic mass is 10.0. The Morgan fingerprint density at radius 1 is 1.03 bits per heavy atom. The molecule has 2 N–H and O–H groups in total. The predicted molar refractivity (Wildman–Crippen MR) is 133 cm³/mol. The summed E-state index contributed by atoms with van der Waals surface area (Å²) in [5.41, 5.74) is 3.76. The molecule has 0 fully saturated rings. The highest BCUT2D eigenvalue weighted by molar-refractivity contribution is 7.09. The van der Waals surface area contributed by atoms with Crippen molar-refractivity contribution in [1.82, 2.24) is 10.3 Å². The molecule has 1 atom stereocenters. The molecule has 0 radical (unpaired) electrons. The standard InChI is InChI=1S/C26H29N3O4S/c1-16(2)24(29-25(31)21-8-6-5-7-18(21)4)26(32)33-14-20-15-34-23(28-20)13-22(30)27-19-11-9-17(3)10-12-19/h5-12,15-16,24H,13-14H2,1-4H3,(H,27,30)(H,29,31)/t24-/m0/s1. The first-order valence-electron chi connectivity index (χ1n) is 11.1. The van der Waals surface area contributed by atoms with E-state index in [9.17, 15) is 14.4 Å². The lowest BCUT2D eigenvalue weighted by molar-refractivity contribution is -0.148. The molecule has 8 heteroatoms. The Labute approximate surface area is 203 Å². The van der Waals surface area contributed by atoms with Crippen LogP contribution in [-0.4, -0.2) is 28.8 Å². The quantitative estimate of drug-likeness (QED) is 0.442. The van der Waals surface area contributed by atoms with Gasteiger partial charge in [0.15, 0.2) is 0 Å². The largest absolute Gasteiger partial charge is 0.458 e. The van der Waals surface area contributed by atoms with E-state index in [1.165, 1.54) is 11.3 Å². The number of ether oxygens (including phenoxy) is 1. The van der Waals surface area contributed by atoms with E-state index in [0.717, 1.165) is 16.8 Å². The summed E-state index contributed by atoms with van der Waals surface area (Å²) in [5, 5.41) is 8.02. The highest BCUT2D eigenvalue weighted by Gasteiger charge is 2.27. The third-order valence-corrected chi connectivity index (χ3v) is 6.10. The van der Waals surface area contributed by atoms with Crippen LogP contribution >= 0.6 is 11.3 Å². The molecule has 0 saturated carbocycles. The monoisotopic (exact) mass is 479 g/mol. The number of esters is 1. The van der Waals surface area contributed by atoms with Crippen molar-refractivity contribution in [1.29, 1.82) is 0 Å². The molecule has 0 unspecified atom stereocenters. The average Bonchev–Trinajstić information content (AvgIpc) is 3.24. The molecule has 0 spiro atoms. The minimum atomic E-state index is -0.787. The fourth-order valence-corrected chi connectivity index (χ4v) is 4.03. The number of aromatic nitrogens is 1. The molecule has 34 heavy (non-hydrogen) atoms. The lowest BCUT2D eigenvalue weighted by Gasteiger charge is -2.21. The summed E-state index contributed by atoms with van der Waals surface area (Å²) in [5.74, 6) is -1.16. The highest BCUT2D eigenvalue weighted by atomic mass is 32.1. The number of anilines is 1. The van der Waals surface area contributed by atoms with Crippen molar-refractivity contribution in [3.8, 4) is 0 Å². The topological polar surface area (TPSA) is 97.4 Å². The van der Waals surface area contributed by atoms with Crippen LogP contribution in [0.1, 0.15) is 46.0 Å². The molecule has 178 valence electrons. The minimum Gasteiger partial charge on any atom is -0.458 e. The van der Waals surface area contributed by atoms with Crippen LogP contribution in [0, 0.1) is 19.8 Å². The second-order valence-corrected chi connectivity index (χ2v) is 9.38. The normalized spacial score (nSPS) is 11.7. The molecular weight excluding hydrogens is 450 g/mol. The van der Waals surface area contributed by atoms with Gasteiger partial charge in [0.2, 0.25) is 5.91 Å². The molecule has 0 bridgehead atoms. The van der Waals surface area contributed by atoms with Crippen molar-refractivity contribution < 1.29 is 19.1 Å². The first kappa shape index (κ1) is 25.1. The zero-order valence-corrected chi connectivity index (χ0v) is 20.6. The molecule has 7 nitrogen and oxygen atoms in total. The zero-order chi connectivity index (χ0) is 24.7. The van der Waals surface area contributed by atoms with Gasteiger partial charge in [-0.2, -0.15) is 0 Å². The maximum absolute atomic E-state index is 12.7. The van der Waals surface area contributed by atoms with E-state index in [0.29, 0.717) is 16.3 Å². The van der Waals surface area contributed by atoms with Crippen LogP contribution in [0.4, 0.5) is 5.69 Å². The number of amides is 2. The van der Waals surface area contributed by atoms with Crippen LogP contribution in [0.5, 0.6) is 0 Å². The van der Waals surface area contributed by atoms with Crippen LogP contribution in [0.25, 0.3) is 0 Å². The minimum absolute atomic E-state index is 0.0294. The van der Waals surface area contributed by atoms with Crippen molar-refractivity contribution in [2.75, 3.05) is 5.32 Å². The Bertz CT molecular complexity index is 1150. The summed E-state index contributed by atoms with van der Waals surface area (Å²) in [6.45, 7) is 7.49. The lowest BCUT2D eigenvalue weighted by Crippen LogP contribution is -2.45. The number of carbonyl (C=O) groups is 3. The van der Waals surface area contributed by atoms with Crippen LogP contribution in [-0.2, 0) is 27.4 Å². The van der Waals surface area contributed by atoms with Crippen molar-refractivity contribution >= 4 is 34.8 Å². The van der Waals surface area contributed by atoms with E-state index < -0.39 is 12.0 Å². The van der Waals surface area contributed by atoms with E-state index in [2.05, 4.69) is 15.6 Å². The Kier molecular flexibility index (Phi) is 8.54.